The highest BCUT2D eigenvalue weighted by Gasteiger charge is 2.34. The lowest BCUT2D eigenvalue weighted by Crippen LogP contribution is -2.40. The molecular formula is C22H19BFN5O. The Hall–Kier alpha value is -3.55. The van der Waals surface area contributed by atoms with E-state index in [4.69, 9.17) is 0 Å². The molecule has 0 N–H and O–H groups in total. The summed E-state index contributed by atoms with van der Waals surface area (Å²) in [7, 11) is 1.87. The zero-order valence-corrected chi connectivity index (χ0v) is 16.7. The lowest BCUT2D eigenvalue weighted by molar-refractivity contribution is 0.0585. The van der Waals surface area contributed by atoms with Gasteiger partial charge in [-0.1, -0.05) is 30.3 Å². The van der Waals surface area contributed by atoms with Crippen molar-refractivity contribution >= 4 is 25.0 Å². The van der Waals surface area contributed by atoms with Gasteiger partial charge in [0.1, 0.15) is 11.9 Å². The molecule has 1 aliphatic rings. The van der Waals surface area contributed by atoms with Gasteiger partial charge in [-0.15, -0.1) is 0 Å². The quantitative estimate of drug-likeness (QED) is 0.486. The molecule has 2 atom stereocenters. The first kappa shape index (κ1) is 18.5. The molecule has 0 spiro atoms. The number of carbonyl (C=O) groups is 1. The minimum atomic E-state index is -1.22. The molecule has 1 aliphatic heterocycles. The molecule has 0 aliphatic carbocycles. The fourth-order valence-electron chi connectivity index (χ4n) is 4.07. The molecule has 148 valence electrons. The van der Waals surface area contributed by atoms with Gasteiger partial charge in [-0.05, 0) is 42.3 Å². The first-order valence-electron chi connectivity index (χ1n) is 9.85. The van der Waals surface area contributed by atoms with Crippen LogP contribution >= 0.6 is 0 Å². The number of hydrogen-bond acceptors (Lipinski definition) is 4. The van der Waals surface area contributed by atoms with Crippen molar-refractivity contribution in [3.05, 3.63) is 77.6 Å². The van der Waals surface area contributed by atoms with Gasteiger partial charge in [0.15, 0.2) is 13.5 Å². The Kier molecular flexibility index (Phi) is 4.35. The summed E-state index contributed by atoms with van der Waals surface area (Å²) in [6.07, 6.45) is 0.467. The smallest absolute Gasteiger partial charge is 0.273 e. The van der Waals surface area contributed by atoms with Gasteiger partial charge in [0, 0.05) is 11.8 Å². The molecule has 5 rings (SSSR count). The van der Waals surface area contributed by atoms with Crippen LogP contribution in [-0.4, -0.2) is 44.8 Å². The van der Waals surface area contributed by atoms with E-state index in [-0.39, 0.29) is 24.2 Å². The van der Waals surface area contributed by atoms with E-state index in [2.05, 4.69) is 15.1 Å². The van der Waals surface area contributed by atoms with E-state index in [1.807, 2.05) is 57.2 Å². The van der Waals surface area contributed by atoms with Crippen LogP contribution in [0.1, 0.15) is 40.8 Å². The summed E-state index contributed by atoms with van der Waals surface area (Å²) in [5, 5.41) is 4.49. The summed E-state index contributed by atoms with van der Waals surface area (Å²) in [6.45, 7) is 1.92. The van der Waals surface area contributed by atoms with Crippen molar-refractivity contribution in [2.24, 2.45) is 0 Å². The average molecular weight is 399 g/mol. The second-order valence-electron chi connectivity index (χ2n) is 7.53. The molecule has 1 amide bonds. The number of halogens is 1. The number of alkyl halides is 1. The zero-order valence-electron chi connectivity index (χ0n) is 16.7. The molecule has 6 nitrogen and oxygen atoms in total. The number of fused-ring (bicyclic) bond motifs is 2. The Morgan fingerprint density at radius 1 is 1.13 bits per heavy atom. The van der Waals surface area contributed by atoms with Crippen LogP contribution in [0.5, 0.6) is 0 Å². The van der Waals surface area contributed by atoms with Gasteiger partial charge in [-0.2, -0.15) is 5.10 Å². The molecule has 0 bridgehead atoms. The zero-order chi connectivity index (χ0) is 20.8. The number of nitrogens with zero attached hydrogens (tertiary/aromatic N) is 5. The van der Waals surface area contributed by atoms with Gasteiger partial charge in [0.2, 0.25) is 0 Å². The second kappa shape index (κ2) is 7.05. The number of carbonyl (C=O) groups excluding carboxylic acids is 1. The molecular weight excluding hydrogens is 380 g/mol. The molecule has 1 aromatic carbocycles. The number of benzene rings is 1. The van der Waals surface area contributed by atoms with Gasteiger partial charge in [-0.25, -0.2) is 13.9 Å². The highest BCUT2D eigenvalue weighted by molar-refractivity contribution is 6.31. The predicted octanol–water partition coefficient (Wildman–Crippen LogP) is 2.28. The molecule has 0 fully saturated rings. The summed E-state index contributed by atoms with van der Waals surface area (Å²) in [6, 6.07) is 16.2. The molecule has 8 heteroatoms. The van der Waals surface area contributed by atoms with Crippen molar-refractivity contribution in [1.29, 1.82) is 0 Å². The Bertz CT molecular complexity index is 1260. The summed E-state index contributed by atoms with van der Waals surface area (Å²) in [5.74, 6) is -0.307. The summed E-state index contributed by atoms with van der Waals surface area (Å²) in [4.78, 5) is 23.9. The van der Waals surface area contributed by atoms with Crippen LogP contribution in [-0.2, 0) is 0 Å². The Morgan fingerprint density at radius 2 is 1.90 bits per heavy atom. The SMILES string of the molecule is Bc1cc2nc(C(=O)N3CC(F)c4ccccc4C3C)cc(-c3ccccn3)n2n1. The Morgan fingerprint density at radius 3 is 2.67 bits per heavy atom. The van der Waals surface area contributed by atoms with Crippen LogP contribution < -0.4 is 5.59 Å². The molecule has 4 aromatic rings. The molecule has 30 heavy (non-hydrogen) atoms. The van der Waals surface area contributed by atoms with Crippen molar-refractivity contribution in [3.8, 4) is 11.4 Å². The molecule has 0 radical (unpaired) electrons. The van der Waals surface area contributed by atoms with Crippen LogP contribution in [0, 0.1) is 0 Å². The lowest BCUT2D eigenvalue weighted by Gasteiger charge is -2.36. The lowest BCUT2D eigenvalue weighted by atomic mass is 9.92. The van der Waals surface area contributed by atoms with Crippen molar-refractivity contribution in [2.45, 2.75) is 19.1 Å². The van der Waals surface area contributed by atoms with Gasteiger partial charge in [-0.3, -0.25) is 9.78 Å². The Labute approximate surface area is 173 Å². The fraction of sp³-hybridized carbons (Fsp3) is 0.182. The third-order valence-electron chi connectivity index (χ3n) is 5.56. The number of amides is 1. The van der Waals surface area contributed by atoms with Gasteiger partial charge in [0.05, 0.1) is 24.0 Å². The summed E-state index contributed by atoms with van der Waals surface area (Å²) < 4.78 is 16.5. The van der Waals surface area contributed by atoms with Gasteiger partial charge >= 0.3 is 0 Å². The van der Waals surface area contributed by atoms with Crippen LogP contribution in [0.3, 0.4) is 0 Å². The first-order valence-corrected chi connectivity index (χ1v) is 9.85. The number of rotatable bonds is 2. The third kappa shape index (κ3) is 2.96. The molecule has 4 heterocycles. The van der Waals surface area contributed by atoms with Crippen molar-refractivity contribution in [2.75, 3.05) is 6.54 Å². The third-order valence-corrected chi connectivity index (χ3v) is 5.56. The van der Waals surface area contributed by atoms with Crippen molar-refractivity contribution in [3.63, 3.8) is 0 Å². The maximum absolute atomic E-state index is 14.8. The average Bonchev–Trinajstić information content (AvgIpc) is 3.15. The normalized spacial score (nSPS) is 18.4. The van der Waals surface area contributed by atoms with E-state index >= 15 is 0 Å². The van der Waals surface area contributed by atoms with E-state index in [1.54, 1.807) is 27.7 Å². The number of hydrogen-bond donors (Lipinski definition) is 0. The highest BCUT2D eigenvalue weighted by atomic mass is 19.1. The van der Waals surface area contributed by atoms with Crippen molar-refractivity contribution in [1.82, 2.24) is 24.5 Å². The van der Waals surface area contributed by atoms with Crippen molar-refractivity contribution < 1.29 is 9.18 Å². The van der Waals surface area contributed by atoms with E-state index in [1.165, 1.54) is 0 Å². The highest BCUT2D eigenvalue weighted by Crippen LogP contribution is 2.37. The van der Waals surface area contributed by atoms with Crippen LogP contribution in [0.4, 0.5) is 4.39 Å². The molecule has 3 aromatic heterocycles. The second-order valence-corrected chi connectivity index (χ2v) is 7.53. The fourth-order valence-corrected chi connectivity index (χ4v) is 4.07. The largest absolute Gasteiger partial charge is 0.327 e. The van der Waals surface area contributed by atoms with E-state index in [0.717, 1.165) is 11.2 Å². The molecule has 0 saturated carbocycles. The van der Waals surface area contributed by atoms with Crippen LogP contribution in [0.2, 0.25) is 0 Å². The van der Waals surface area contributed by atoms with Gasteiger partial charge < -0.3 is 4.90 Å². The minimum absolute atomic E-state index is 0.00107. The van der Waals surface area contributed by atoms with Crippen LogP contribution in [0.25, 0.3) is 17.0 Å². The maximum atomic E-state index is 14.8. The topological polar surface area (TPSA) is 63.4 Å². The molecule has 0 saturated heterocycles. The number of pyridine rings is 1. The Balaban J connectivity index is 1.61. The van der Waals surface area contributed by atoms with Crippen LogP contribution in [0.15, 0.2) is 60.8 Å². The van der Waals surface area contributed by atoms with E-state index in [9.17, 15) is 9.18 Å². The van der Waals surface area contributed by atoms with E-state index in [0.29, 0.717) is 22.6 Å². The standard InChI is InChI=1S/C22H19BFN5O/c1-13-14-6-2-3-7-15(14)16(24)12-28(13)22(30)18-10-19(17-8-4-5-9-25-17)29-21(26-18)11-20(23)27-29/h2-11,13,16H,12,23H2,1H3. The monoisotopic (exact) mass is 399 g/mol. The predicted molar refractivity (Wildman–Crippen MR) is 114 cm³/mol. The maximum Gasteiger partial charge on any atom is 0.273 e. The summed E-state index contributed by atoms with van der Waals surface area (Å²) in [5.41, 5.74) is 4.42. The molecule has 2 unspecified atom stereocenters. The summed E-state index contributed by atoms with van der Waals surface area (Å²) >= 11 is 0. The first-order chi connectivity index (χ1) is 14.5. The van der Waals surface area contributed by atoms with E-state index < -0.39 is 6.17 Å². The van der Waals surface area contributed by atoms with Gasteiger partial charge in [0.25, 0.3) is 5.91 Å². The minimum Gasteiger partial charge on any atom is -0.327 e. The number of aromatic nitrogens is 4.